The van der Waals surface area contributed by atoms with Gasteiger partial charge in [0.2, 0.25) is 0 Å². The van der Waals surface area contributed by atoms with Gasteiger partial charge in [0.25, 0.3) is 5.91 Å². The molecule has 7 heteroatoms. The van der Waals surface area contributed by atoms with Crippen molar-refractivity contribution in [3.05, 3.63) is 52.2 Å². The summed E-state index contributed by atoms with van der Waals surface area (Å²) in [7, 11) is 0. The van der Waals surface area contributed by atoms with Crippen LogP contribution in [0, 0.1) is 0 Å². The van der Waals surface area contributed by atoms with Crippen molar-refractivity contribution in [3.63, 3.8) is 0 Å². The van der Waals surface area contributed by atoms with E-state index in [1.807, 2.05) is 23.9 Å². The van der Waals surface area contributed by atoms with E-state index in [0.717, 1.165) is 6.42 Å². The highest BCUT2D eigenvalue weighted by Gasteiger charge is 2.13. The molecule has 0 fully saturated rings. The second-order valence-electron chi connectivity index (χ2n) is 4.83. The summed E-state index contributed by atoms with van der Waals surface area (Å²) < 4.78 is 5.71. The molecule has 5 nitrogen and oxygen atoms in total. The molecule has 0 radical (unpaired) electrons. The smallest absolute Gasteiger partial charge is 0.261 e. The summed E-state index contributed by atoms with van der Waals surface area (Å²) in [4.78, 5) is 13.0. The van der Waals surface area contributed by atoms with Crippen LogP contribution in [0.25, 0.3) is 0 Å². The van der Waals surface area contributed by atoms with Gasteiger partial charge in [-0.1, -0.05) is 25.2 Å². The van der Waals surface area contributed by atoms with Gasteiger partial charge in [0.05, 0.1) is 10.9 Å². The van der Waals surface area contributed by atoms with Gasteiger partial charge in [-0.3, -0.25) is 15.5 Å². The first-order valence-electron chi connectivity index (χ1n) is 7.15. The van der Waals surface area contributed by atoms with E-state index in [1.165, 1.54) is 11.3 Å². The molecule has 2 aromatic rings. The minimum absolute atomic E-state index is 0.0653. The number of thiocarbonyl (C=S) groups is 1. The number of thiophene rings is 1. The Kier molecular flexibility index (Phi) is 6.52. The first-order valence-corrected chi connectivity index (χ1v) is 8.44. The van der Waals surface area contributed by atoms with Crippen LogP contribution in [-0.4, -0.2) is 28.8 Å². The third-order valence-corrected chi connectivity index (χ3v) is 4.44. The molecule has 122 valence electrons. The quantitative estimate of drug-likeness (QED) is 0.529. The van der Waals surface area contributed by atoms with E-state index in [9.17, 15) is 4.79 Å². The van der Waals surface area contributed by atoms with Gasteiger partial charge in [-0.25, -0.2) is 0 Å². The Bertz CT molecular complexity index is 642. The fourth-order valence-electron chi connectivity index (χ4n) is 1.89. The molecule has 0 spiro atoms. The molecule has 3 N–H and O–H groups in total. The molecule has 23 heavy (non-hydrogen) atoms. The topological polar surface area (TPSA) is 70.6 Å². The standard InChI is InChI=1S/C16H18N2O3S2/c1-2-12(17-15(19)14-4-3-9-23-14)10-21-13-7-5-11(6-8-13)16(22)18-20/h3-9,12,20H,2,10H2,1H3,(H,17,19)(H,18,22)/t12-/m0/s1. The number of hydrogen-bond donors (Lipinski definition) is 3. The summed E-state index contributed by atoms with van der Waals surface area (Å²) in [5, 5.41) is 13.6. The molecular weight excluding hydrogens is 332 g/mol. The van der Waals surface area contributed by atoms with Crippen molar-refractivity contribution in [1.29, 1.82) is 0 Å². The molecule has 0 saturated heterocycles. The highest BCUT2D eigenvalue weighted by atomic mass is 32.1. The SMILES string of the molecule is CC[C@@H](COc1ccc(C(=S)NO)cc1)NC(=O)c1cccs1. The predicted molar refractivity (Wildman–Crippen MR) is 94.4 cm³/mol. The van der Waals surface area contributed by atoms with Gasteiger partial charge in [0, 0.05) is 5.56 Å². The minimum atomic E-state index is -0.0785. The van der Waals surface area contributed by atoms with Crippen molar-refractivity contribution in [1.82, 2.24) is 10.8 Å². The lowest BCUT2D eigenvalue weighted by Gasteiger charge is -2.17. The fraction of sp³-hybridized carbons (Fsp3) is 0.250. The predicted octanol–water partition coefficient (Wildman–Crippen LogP) is 2.99. The molecule has 1 atom stereocenters. The lowest BCUT2D eigenvalue weighted by molar-refractivity contribution is 0.0924. The van der Waals surface area contributed by atoms with E-state index in [2.05, 4.69) is 5.32 Å². The summed E-state index contributed by atoms with van der Waals surface area (Å²) in [6, 6.07) is 10.6. The molecule has 1 amide bonds. The van der Waals surface area contributed by atoms with Gasteiger partial charge in [0.15, 0.2) is 0 Å². The molecule has 1 aromatic carbocycles. The van der Waals surface area contributed by atoms with Gasteiger partial charge < -0.3 is 10.1 Å². The second kappa shape index (κ2) is 8.61. The molecule has 0 aliphatic carbocycles. The third-order valence-electron chi connectivity index (χ3n) is 3.24. The molecule has 0 unspecified atom stereocenters. The van der Waals surface area contributed by atoms with E-state index in [-0.39, 0.29) is 16.9 Å². The Morgan fingerprint density at radius 3 is 2.65 bits per heavy atom. The maximum atomic E-state index is 12.0. The number of hydrogen-bond acceptors (Lipinski definition) is 5. The average Bonchev–Trinajstić information content (AvgIpc) is 3.13. The lowest BCUT2D eigenvalue weighted by Crippen LogP contribution is -2.38. The number of benzene rings is 1. The number of rotatable bonds is 7. The highest BCUT2D eigenvalue weighted by molar-refractivity contribution is 7.80. The molecule has 2 rings (SSSR count). The molecule has 0 aliphatic rings. The third kappa shape index (κ3) is 5.02. The number of carbonyl (C=O) groups excluding carboxylic acids is 1. The van der Waals surface area contributed by atoms with Crippen LogP contribution in [-0.2, 0) is 0 Å². The normalized spacial score (nSPS) is 11.6. The van der Waals surface area contributed by atoms with Crippen LogP contribution < -0.4 is 15.5 Å². The van der Waals surface area contributed by atoms with Crippen molar-refractivity contribution < 1.29 is 14.7 Å². The van der Waals surface area contributed by atoms with Crippen molar-refractivity contribution in [2.75, 3.05) is 6.61 Å². The van der Waals surface area contributed by atoms with Gasteiger partial charge in [0.1, 0.15) is 17.3 Å². The first-order chi connectivity index (χ1) is 11.1. The Hall–Kier alpha value is -1.96. The van der Waals surface area contributed by atoms with E-state index >= 15 is 0 Å². The van der Waals surface area contributed by atoms with Crippen LogP contribution in [0.1, 0.15) is 28.6 Å². The van der Waals surface area contributed by atoms with Gasteiger partial charge in [-0.2, -0.15) is 0 Å². The Labute approximate surface area is 144 Å². The van der Waals surface area contributed by atoms with Crippen molar-refractivity contribution >= 4 is 34.5 Å². The monoisotopic (exact) mass is 350 g/mol. The number of amides is 1. The van der Waals surface area contributed by atoms with Crippen LogP contribution >= 0.6 is 23.6 Å². The number of nitrogens with one attached hydrogen (secondary N) is 2. The van der Waals surface area contributed by atoms with E-state index < -0.39 is 0 Å². The summed E-state index contributed by atoms with van der Waals surface area (Å²) >= 11 is 6.34. The Morgan fingerprint density at radius 1 is 1.35 bits per heavy atom. The maximum absolute atomic E-state index is 12.0. The largest absolute Gasteiger partial charge is 0.491 e. The number of hydroxylamine groups is 1. The molecule has 1 aromatic heterocycles. The number of ether oxygens (including phenoxy) is 1. The van der Waals surface area contributed by atoms with Crippen molar-refractivity contribution in [3.8, 4) is 5.75 Å². The van der Waals surface area contributed by atoms with E-state index in [1.54, 1.807) is 30.3 Å². The van der Waals surface area contributed by atoms with E-state index in [0.29, 0.717) is 22.8 Å². The van der Waals surface area contributed by atoms with Crippen LogP contribution in [0.4, 0.5) is 0 Å². The van der Waals surface area contributed by atoms with Gasteiger partial charge in [-0.05, 0) is 42.1 Å². The summed E-state index contributed by atoms with van der Waals surface area (Å²) in [6.45, 7) is 2.38. The van der Waals surface area contributed by atoms with Crippen LogP contribution in [0.3, 0.4) is 0 Å². The highest BCUT2D eigenvalue weighted by Crippen LogP contribution is 2.14. The first kappa shape index (κ1) is 17.4. The second-order valence-corrected chi connectivity index (χ2v) is 6.19. The zero-order valence-corrected chi connectivity index (χ0v) is 14.2. The maximum Gasteiger partial charge on any atom is 0.261 e. The summed E-state index contributed by atoms with van der Waals surface area (Å²) in [5.41, 5.74) is 2.64. The summed E-state index contributed by atoms with van der Waals surface area (Å²) in [5.74, 6) is 0.600. The lowest BCUT2D eigenvalue weighted by atomic mass is 10.2. The molecule has 0 bridgehead atoms. The van der Waals surface area contributed by atoms with Crippen LogP contribution in [0.5, 0.6) is 5.75 Å². The number of carbonyl (C=O) groups is 1. The average molecular weight is 350 g/mol. The zero-order valence-electron chi connectivity index (χ0n) is 12.6. The van der Waals surface area contributed by atoms with Crippen LogP contribution in [0.2, 0.25) is 0 Å². The Balaban J connectivity index is 1.87. The van der Waals surface area contributed by atoms with Gasteiger partial charge >= 0.3 is 0 Å². The molecule has 0 saturated carbocycles. The Morgan fingerprint density at radius 2 is 2.09 bits per heavy atom. The van der Waals surface area contributed by atoms with Gasteiger partial charge in [-0.15, -0.1) is 11.3 Å². The molecule has 1 heterocycles. The van der Waals surface area contributed by atoms with Crippen molar-refractivity contribution in [2.24, 2.45) is 0 Å². The minimum Gasteiger partial charge on any atom is -0.491 e. The van der Waals surface area contributed by atoms with E-state index in [4.69, 9.17) is 22.2 Å². The summed E-state index contributed by atoms with van der Waals surface area (Å²) in [6.07, 6.45) is 0.772. The van der Waals surface area contributed by atoms with Crippen LogP contribution in [0.15, 0.2) is 41.8 Å². The van der Waals surface area contributed by atoms with Crippen molar-refractivity contribution in [2.45, 2.75) is 19.4 Å². The zero-order chi connectivity index (χ0) is 16.7. The fourth-order valence-corrected chi connectivity index (χ4v) is 2.65. The molecule has 0 aliphatic heterocycles. The molecular formula is C16H18N2O3S2.